The molecular weight excluding hydrogens is 474 g/mol. The SMILES string of the molecule is CCOCC[N+]12CCC(CC1)[C@@H](OC(=O)C(O)(c1cccs1)c1cccs1)C2.[Br-]. The van der Waals surface area contributed by atoms with Gasteiger partial charge in [0.05, 0.1) is 29.5 Å². The van der Waals surface area contributed by atoms with Crippen molar-refractivity contribution in [2.24, 2.45) is 5.92 Å². The van der Waals surface area contributed by atoms with Crippen molar-refractivity contribution in [3.05, 3.63) is 44.8 Å². The number of hydrogen-bond acceptors (Lipinski definition) is 6. The fourth-order valence-electron chi connectivity index (χ4n) is 4.59. The average molecular weight is 502 g/mol. The minimum atomic E-state index is -1.72. The third kappa shape index (κ3) is 4.48. The number of thiophene rings is 2. The maximum absolute atomic E-state index is 13.3. The van der Waals surface area contributed by atoms with Crippen molar-refractivity contribution < 1.29 is 40.8 Å². The highest BCUT2D eigenvalue weighted by atomic mass is 79.9. The summed E-state index contributed by atoms with van der Waals surface area (Å²) in [6.07, 6.45) is 2.00. The van der Waals surface area contributed by atoms with Crippen molar-refractivity contribution in [2.75, 3.05) is 39.4 Å². The summed E-state index contributed by atoms with van der Waals surface area (Å²) >= 11 is 2.76. The lowest BCUT2D eigenvalue weighted by Crippen LogP contribution is -3.00. The molecule has 0 aliphatic carbocycles. The van der Waals surface area contributed by atoms with Gasteiger partial charge in [-0.3, -0.25) is 0 Å². The van der Waals surface area contributed by atoms with E-state index in [0.29, 0.717) is 15.7 Å². The van der Waals surface area contributed by atoms with Crippen LogP contribution in [0.2, 0.25) is 0 Å². The van der Waals surface area contributed by atoms with Crippen LogP contribution in [-0.4, -0.2) is 61.1 Å². The molecule has 5 nitrogen and oxygen atoms in total. The van der Waals surface area contributed by atoms with E-state index in [9.17, 15) is 9.90 Å². The predicted molar refractivity (Wildman–Crippen MR) is 110 cm³/mol. The van der Waals surface area contributed by atoms with E-state index in [1.165, 1.54) is 22.7 Å². The molecule has 1 atom stereocenters. The lowest BCUT2D eigenvalue weighted by Gasteiger charge is -2.52. The highest BCUT2D eigenvalue weighted by molar-refractivity contribution is 7.12. The fraction of sp³-hybridized carbons (Fsp3) is 0.571. The van der Waals surface area contributed by atoms with Crippen LogP contribution >= 0.6 is 22.7 Å². The Bertz CT molecular complexity index is 738. The quantitative estimate of drug-likeness (QED) is 0.319. The molecule has 3 saturated heterocycles. The van der Waals surface area contributed by atoms with Crippen molar-refractivity contribution >= 4 is 28.6 Å². The Balaban J connectivity index is 0.00000240. The van der Waals surface area contributed by atoms with E-state index < -0.39 is 11.6 Å². The van der Waals surface area contributed by atoms with Gasteiger partial charge in [0.15, 0.2) is 6.10 Å². The van der Waals surface area contributed by atoms with Crippen LogP contribution in [0.4, 0.5) is 0 Å². The smallest absolute Gasteiger partial charge is 0.349 e. The van der Waals surface area contributed by atoms with Crippen molar-refractivity contribution in [3.8, 4) is 0 Å². The zero-order valence-corrected chi connectivity index (χ0v) is 19.8. The maximum atomic E-state index is 13.3. The van der Waals surface area contributed by atoms with Gasteiger partial charge in [0, 0.05) is 25.4 Å². The van der Waals surface area contributed by atoms with E-state index in [1.807, 2.05) is 29.8 Å². The lowest BCUT2D eigenvalue weighted by molar-refractivity contribution is -0.946. The summed E-state index contributed by atoms with van der Waals surface area (Å²) in [7, 11) is 0. The molecule has 5 rings (SSSR count). The topological polar surface area (TPSA) is 55.8 Å². The molecule has 0 aromatic carbocycles. The molecule has 0 radical (unpaired) electrons. The summed E-state index contributed by atoms with van der Waals surface area (Å²) < 4.78 is 12.6. The molecule has 2 aromatic rings. The van der Waals surface area contributed by atoms with Gasteiger partial charge in [0.1, 0.15) is 13.1 Å². The predicted octanol–water partition coefficient (Wildman–Crippen LogP) is 0.238. The van der Waals surface area contributed by atoms with Gasteiger partial charge in [-0.1, -0.05) is 12.1 Å². The summed E-state index contributed by atoms with van der Waals surface area (Å²) in [5, 5.41) is 15.2. The third-order valence-corrected chi connectivity index (χ3v) is 8.22. The van der Waals surface area contributed by atoms with Crippen LogP contribution in [0.25, 0.3) is 0 Å². The number of esters is 1. The molecule has 0 unspecified atom stereocenters. The molecule has 5 heterocycles. The summed E-state index contributed by atoms with van der Waals surface area (Å²) in [6, 6.07) is 7.32. The molecule has 1 N–H and O–H groups in total. The van der Waals surface area contributed by atoms with Crippen LogP contribution < -0.4 is 17.0 Å². The Labute approximate surface area is 190 Å². The number of carbonyl (C=O) groups is 1. The molecule has 3 aliphatic rings. The summed E-state index contributed by atoms with van der Waals surface area (Å²) in [4.78, 5) is 14.5. The van der Waals surface area contributed by atoms with Gasteiger partial charge in [-0.25, -0.2) is 4.79 Å². The number of hydrogen-bond donors (Lipinski definition) is 1. The summed E-state index contributed by atoms with van der Waals surface area (Å²) in [5.74, 6) is -0.147. The molecule has 29 heavy (non-hydrogen) atoms. The van der Waals surface area contributed by atoms with Crippen molar-refractivity contribution in [3.63, 3.8) is 0 Å². The first-order valence-electron chi connectivity index (χ1n) is 10.0. The van der Waals surface area contributed by atoms with E-state index in [4.69, 9.17) is 9.47 Å². The Morgan fingerprint density at radius 3 is 2.34 bits per heavy atom. The number of aliphatic hydroxyl groups is 1. The number of piperidine rings is 3. The van der Waals surface area contributed by atoms with E-state index in [0.717, 1.165) is 56.7 Å². The Kier molecular flexibility index (Phi) is 7.56. The van der Waals surface area contributed by atoms with Gasteiger partial charge in [0.25, 0.3) is 0 Å². The molecule has 0 spiro atoms. The van der Waals surface area contributed by atoms with Crippen molar-refractivity contribution in [1.82, 2.24) is 0 Å². The van der Waals surface area contributed by atoms with Gasteiger partial charge >= 0.3 is 5.97 Å². The second kappa shape index (κ2) is 9.58. The van der Waals surface area contributed by atoms with E-state index in [-0.39, 0.29) is 23.1 Å². The van der Waals surface area contributed by atoms with Crippen LogP contribution in [-0.2, 0) is 19.9 Å². The molecule has 3 fully saturated rings. The minimum absolute atomic E-state index is 0. The number of rotatable bonds is 8. The monoisotopic (exact) mass is 501 g/mol. The average Bonchev–Trinajstić information content (AvgIpc) is 3.43. The van der Waals surface area contributed by atoms with Gasteiger partial charge < -0.3 is 36.0 Å². The second-order valence-electron chi connectivity index (χ2n) is 7.84. The Morgan fingerprint density at radius 1 is 1.21 bits per heavy atom. The van der Waals surface area contributed by atoms with Gasteiger partial charge in [-0.15, -0.1) is 22.7 Å². The minimum Gasteiger partial charge on any atom is -1.00 e. The first kappa shape index (κ1) is 22.9. The first-order valence-corrected chi connectivity index (χ1v) is 11.8. The largest absolute Gasteiger partial charge is 1.00 e. The van der Waals surface area contributed by atoms with Crippen LogP contribution in [0, 0.1) is 5.92 Å². The van der Waals surface area contributed by atoms with E-state index in [1.54, 1.807) is 12.1 Å². The van der Waals surface area contributed by atoms with Gasteiger partial charge in [0.2, 0.25) is 5.60 Å². The van der Waals surface area contributed by atoms with Crippen LogP contribution in [0.1, 0.15) is 29.5 Å². The van der Waals surface area contributed by atoms with Gasteiger partial charge in [-0.2, -0.15) is 0 Å². The summed E-state index contributed by atoms with van der Waals surface area (Å²) in [5.41, 5.74) is -1.72. The first-order chi connectivity index (χ1) is 13.6. The number of ether oxygens (including phenoxy) is 2. The molecule has 8 heteroatoms. The number of halogens is 1. The molecule has 0 amide bonds. The Morgan fingerprint density at radius 2 is 1.83 bits per heavy atom. The number of fused-ring (bicyclic) bond motifs is 3. The summed E-state index contributed by atoms with van der Waals surface area (Å²) in [6.45, 7) is 7.55. The zero-order chi connectivity index (χ0) is 19.6. The third-order valence-electron chi connectivity index (χ3n) is 6.26. The highest BCUT2D eigenvalue weighted by Crippen LogP contribution is 2.40. The van der Waals surface area contributed by atoms with Crippen LogP contribution in [0.15, 0.2) is 35.0 Å². The van der Waals surface area contributed by atoms with E-state index >= 15 is 0 Å². The Hall–Kier alpha value is -0.770. The van der Waals surface area contributed by atoms with Crippen LogP contribution in [0.5, 0.6) is 0 Å². The number of carbonyl (C=O) groups excluding carboxylic acids is 1. The normalized spacial score (nSPS) is 26.1. The molecule has 2 aromatic heterocycles. The molecule has 160 valence electrons. The lowest BCUT2D eigenvalue weighted by atomic mass is 9.83. The molecule has 2 bridgehead atoms. The zero-order valence-electron chi connectivity index (χ0n) is 16.6. The maximum Gasteiger partial charge on any atom is 0.349 e. The fourth-order valence-corrected chi connectivity index (χ4v) is 6.30. The van der Waals surface area contributed by atoms with Crippen molar-refractivity contribution in [1.29, 1.82) is 0 Å². The van der Waals surface area contributed by atoms with Crippen LogP contribution in [0.3, 0.4) is 0 Å². The second-order valence-corrected chi connectivity index (χ2v) is 9.73. The standard InChI is InChI=1S/C21H28NO4S2.BrH/c1-2-25-12-11-22-9-7-16(8-10-22)17(15-22)26-20(23)21(24,18-5-3-13-27-18)19-6-4-14-28-19;/h3-6,13-14,16-17,24H,2,7-12,15H2,1H3;1H/q+1;/p-1/t16?,17-,22?;/m0./s1. The number of nitrogens with zero attached hydrogens (tertiary/aromatic N) is 1. The molecular formula is C21H28BrNO4S2. The van der Waals surface area contributed by atoms with Crippen molar-refractivity contribution in [2.45, 2.75) is 31.5 Å². The number of quaternary nitrogens is 1. The molecule has 3 aliphatic heterocycles. The molecule has 0 saturated carbocycles. The van der Waals surface area contributed by atoms with Gasteiger partial charge in [-0.05, 0) is 29.8 Å². The van der Waals surface area contributed by atoms with E-state index in [2.05, 4.69) is 0 Å². The highest BCUT2D eigenvalue weighted by Gasteiger charge is 2.51.